The number of aromatic nitrogens is 1. The number of aromatic amines is 1. The molecule has 1 heterocycles. The first-order valence-electron chi connectivity index (χ1n) is 11.8. The van der Waals surface area contributed by atoms with Crippen LogP contribution in [0.15, 0.2) is 24.4 Å². The summed E-state index contributed by atoms with van der Waals surface area (Å²) in [4.78, 5) is 63.2. The number of benzene rings is 1. The van der Waals surface area contributed by atoms with Gasteiger partial charge < -0.3 is 30.2 Å². The Kier molecular flexibility index (Phi) is 10.6. The third kappa shape index (κ3) is 7.66. The van der Waals surface area contributed by atoms with Crippen LogP contribution < -0.4 is 10.6 Å². The number of aryl methyl sites for hydroxylation is 1. The number of ether oxygens (including phenoxy) is 2. The minimum absolute atomic E-state index is 0.0495. The number of carboxylic acids is 1. The van der Waals surface area contributed by atoms with Crippen molar-refractivity contribution in [1.82, 2.24) is 15.2 Å². The molecule has 0 unspecified atom stereocenters. The Hall–Kier alpha value is -4.68. The smallest absolute Gasteiger partial charge is 0.419 e. The number of aliphatic carboxylic acids is 1. The van der Waals surface area contributed by atoms with Crippen LogP contribution in [0.5, 0.6) is 0 Å². The molecule has 0 aliphatic rings. The van der Waals surface area contributed by atoms with E-state index in [1.165, 1.54) is 6.20 Å². The van der Waals surface area contributed by atoms with Gasteiger partial charge in [0.25, 0.3) is 11.8 Å². The molecule has 13 nitrogen and oxygen atoms in total. The molecule has 13 heteroatoms. The van der Waals surface area contributed by atoms with Gasteiger partial charge in [-0.2, -0.15) is 0 Å². The minimum Gasteiger partial charge on any atom is -0.481 e. The molecule has 0 saturated carbocycles. The highest BCUT2D eigenvalue weighted by Gasteiger charge is 2.27. The summed E-state index contributed by atoms with van der Waals surface area (Å²) in [5.74, 6) is -3.03. The monoisotopic (exact) mass is 529 g/mol. The topological polar surface area (TPSA) is 191 Å². The van der Waals surface area contributed by atoms with Crippen LogP contribution in [0.1, 0.15) is 64.2 Å². The summed E-state index contributed by atoms with van der Waals surface area (Å²) >= 11 is 0. The minimum atomic E-state index is -1.17. The molecule has 0 bridgehead atoms. The Labute approximate surface area is 219 Å². The highest BCUT2D eigenvalue weighted by Crippen LogP contribution is 2.21. The lowest BCUT2D eigenvalue weighted by Gasteiger charge is -2.18. The molecule has 2 aromatic rings. The Morgan fingerprint density at radius 3 is 2.42 bits per heavy atom. The van der Waals surface area contributed by atoms with E-state index in [2.05, 4.69) is 20.4 Å². The van der Waals surface area contributed by atoms with Gasteiger partial charge in [-0.05, 0) is 51.0 Å². The van der Waals surface area contributed by atoms with Gasteiger partial charge in [-0.3, -0.25) is 24.6 Å². The first-order chi connectivity index (χ1) is 18.0. The van der Waals surface area contributed by atoms with Crippen molar-refractivity contribution in [3.8, 4) is 0 Å². The van der Waals surface area contributed by atoms with Gasteiger partial charge in [0, 0.05) is 30.5 Å². The van der Waals surface area contributed by atoms with Crippen LogP contribution in [0, 0.1) is 19.3 Å². The molecular weight excluding hydrogens is 498 g/mol. The second kappa shape index (κ2) is 13.6. The Morgan fingerprint density at radius 1 is 1.08 bits per heavy atom. The van der Waals surface area contributed by atoms with E-state index in [1.807, 2.05) is 13.8 Å². The van der Waals surface area contributed by atoms with E-state index in [4.69, 9.17) is 15.3 Å². The molecule has 1 aromatic heterocycles. The average molecular weight is 530 g/mol. The normalized spacial score (nSPS) is 10.3. The molecule has 204 valence electrons. The number of carboxylic acid groups (broad SMARTS) is 1. The number of carbonyl (C=O) groups excluding carboxylic acids is 4. The first kappa shape index (κ1) is 29.5. The number of hydrogen-bond acceptors (Lipinski definition) is 8. The first-order valence-corrected chi connectivity index (χ1v) is 11.8. The van der Waals surface area contributed by atoms with Crippen molar-refractivity contribution in [2.45, 2.75) is 40.5 Å². The number of rotatable bonds is 11. The third-order valence-corrected chi connectivity index (χ3v) is 5.44. The summed E-state index contributed by atoms with van der Waals surface area (Å²) in [6.45, 7) is 6.44. The Morgan fingerprint density at radius 2 is 1.79 bits per heavy atom. The predicted molar refractivity (Wildman–Crippen MR) is 136 cm³/mol. The maximum Gasteiger partial charge on any atom is 0.419 e. The zero-order valence-corrected chi connectivity index (χ0v) is 21.6. The summed E-state index contributed by atoms with van der Waals surface area (Å²) in [6, 6.07) is 5.06. The van der Waals surface area contributed by atoms with Crippen LogP contribution in [0.4, 0.5) is 10.5 Å². The van der Waals surface area contributed by atoms with E-state index >= 15 is 0 Å². The van der Waals surface area contributed by atoms with E-state index in [0.717, 1.165) is 10.5 Å². The van der Waals surface area contributed by atoms with Crippen LogP contribution in [-0.4, -0.2) is 70.6 Å². The number of hydrogen-bond donors (Lipinski definition) is 5. The summed E-state index contributed by atoms with van der Waals surface area (Å²) in [5.41, 5.74) is 2.58. The van der Waals surface area contributed by atoms with E-state index in [-0.39, 0.29) is 30.3 Å². The number of carbonyl (C=O) groups is 5. The van der Waals surface area contributed by atoms with Crippen molar-refractivity contribution in [3.63, 3.8) is 0 Å². The zero-order valence-electron chi connectivity index (χ0n) is 21.6. The van der Waals surface area contributed by atoms with E-state index in [9.17, 15) is 24.0 Å². The van der Waals surface area contributed by atoms with Gasteiger partial charge in [0.2, 0.25) is 6.79 Å². The highest BCUT2D eigenvalue weighted by molar-refractivity contribution is 6.10. The van der Waals surface area contributed by atoms with Gasteiger partial charge in [0.1, 0.15) is 5.84 Å². The molecule has 0 saturated heterocycles. The van der Waals surface area contributed by atoms with E-state index in [1.54, 1.807) is 32.0 Å². The standard InChI is InChI=1S/C25H31N5O8/c1-5-27-23(34)16-8-7-14(3)18(11-16)29-22(26)21-15(4)17(12-28-21)24(35)30(6-2)25(36)38-13-37-20(33)10-9-19(31)32/h7-8,11-12,28H,5-6,9-10,13H2,1-4H3,(H2,26,29)(H,27,34)(H,31,32). The Bertz CT molecular complexity index is 1240. The fraction of sp³-hybridized carbons (Fsp3) is 0.360. The second-order valence-electron chi connectivity index (χ2n) is 8.08. The molecule has 0 radical (unpaired) electrons. The summed E-state index contributed by atoms with van der Waals surface area (Å²) in [6.07, 6.45) is -0.505. The number of amides is 3. The predicted octanol–water partition coefficient (Wildman–Crippen LogP) is 2.78. The van der Waals surface area contributed by atoms with Gasteiger partial charge >= 0.3 is 18.0 Å². The summed E-state index contributed by atoms with van der Waals surface area (Å²) in [5, 5.41) is 22.7. The van der Waals surface area contributed by atoms with Crippen molar-refractivity contribution in [3.05, 3.63) is 52.3 Å². The quantitative estimate of drug-likeness (QED) is 0.126. The number of H-pyrrole nitrogens is 1. The molecule has 0 atom stereocenters. The SMILES string of the molecule is CCNC(=O)c1ccc(C)c(NC(=N)c2[nH]cc(C(=O)N(CC)C(=O)OCOC(=O)CCC(=O)O)c2C)c1. The number of imide groups is 1. The van der Waals surface area contributed by atoms with Crippen LogP contribution in [0.3, 0.4) is 0 Å². The van der Waals surface area contributed by atoms with Gasteiger partial charge in [-0.1, -0.05) is 6.07 Å². The zero-order chi connectivity index (χ0) is 28.4. The molecule has 0 spiro atoms. The van der Waals surface area contributed by atoms with Gasteiger partial charge in [0.15, 0.2) is 0 Å². The fourth-order valence-electron chi connectivity index (χ4n) is 3.34. The van der Waals surface area contributed by atoms with Gasteiger partial charge in [-0.25, -0.2) is 9.69 Å². The van der Waals surface area contributed by atoms with Crippen molar-refractivity contribution < 1.29 is 38.6 Å². The van der Waals surface area contributed by atoms with Crippen molar-refractivity contribution in [2.75, 3.05) is 25.2 Å². The Balaban J connectivity index is 2.09. The maximum absolute atomic E-state index is 13.0. The number of nitrogens with one attached hydrogen (secondary N) is 4. The fourth-order valence-corrected chi connectivity index (χ4v) is 3.34. The van der Waals surface area contributed by atoms with Gasteiger partial charge in [0.05, 0.1) is 24.1 Å². The number of anilines is 1. The lowest BCUT2D eigenvalue weighted by molar-refractivity contribution is -0.154. The largest absolute Gasteiger partial charge is 0.481 e. The van der Waals surface area contributed by atoms with Crippen molar-refractivity contribution in [2.24, 2.45) is 0 Å². The van der Waals surface area contributed by atoms with Crippen molar-refractivity contribution >= 4 is 41.4 Å². The van der Waals surface area contributed by atoms with Crippen LogP contribution in [0.2, 0.25) is 0 Å². The average Bonchev–Trinajstić information content (AvgIpc) is 3.25. The number of amidine groups is 1. The molecule has 3 amide bonds. The van der Waals surface area contributed by atoms with Gasteiger partial charge in [-0.15, -0.1) is 0 Å². The number of nitrogens with zero attached hydrogens (tertiary/aromatic N) is 1. The molecule has 2 rings (SSSR count). The van der Waals surface area contributed by atoms with E-state index < -0.39 is 37.2 Å². The summed E-state index contributed by atoms with van der Waals surface area (Å²) in [7, 11) is 0. The van der Waals surface area contributed by atoms with Crippen LogP contribution in [0.25, 0.3) is 0 Å². The highest BCUT2D eigenvalue weighted by atomic mass is 16.7. The molecule has 5 N–H and O–H groups in total. The molecule has 0 aliphatic carbocycles. The van der Waals surface area contributed by atoms with E-state index in [0.29, 0.717) is 29.1 Å². The molecule has 38 heavy (non-hydrogen) atoms. The molecule has 0 fully saturated rings. The molecule has 1 aromatic carbocycles. The maximum atomic E-state index is 13.0. The molecule has 0 aliphatic heterocycles. The lowest BCUT2D eigenvalue weighted by atomic mass is 10.1. The van der Waals surface area contributed by atoms with Crippen LogP contribution in [-0.2, 0) is 19.1 Å². The second-order valence-corrected chi connectivity index (χ2v) is 8.08. The lowest BCUT2D eigenvalue weighted by Crippen LogP contribution is -2.37. The summed E-state index contributed by atoms with van der Waals surface area (Å²) < 4.78 is 9.48. The van der Waals surface area contributed by atoms with Crippen LogP contribution >= 0.6 is 0 Å². The van der Waals surface area contributed by atoms with Crippen molar-refractivity contribution in [1.29, 1.82) is 5.41 Å². The molecular formula is C25H31N5O8. The number of esters is 1. The third-order valence-electron chi connectivity index (χ3n) is 5.44.